The Hall–Kier alpha value is -3.25. The van der Waals surface area contributed by atoms with Gasteiger partial charge in [-0.2, -0.15) is 0 Å². The first-order valence-corrected chi connectivity index (χ1v) is 13.4. The third-order valence-corrected chi connectivity index (χ3v) is 7.60. The van der Waals surface area contributed by atoms with Crippen LogP contribution in [0.2, 0.25) is 0 Å². The Kier molecular flexibility index (Phi) is 9.51. The summed E-state index contributed by atoms with van der Waals surface area (Å²) in [5, 5.41) is 29.8. The van der Waals surface area contributed by atoms with Gasteiger partial charge in [-0.25, -0.2) is 0 Å². The number of carbonyl (C=O) groups excluding carboxylic acids is 1. The first-order valence-electron chi connectivity index (χ1n) is 12.4. The first kappa shape index (κ1) is 27.8. The van der Waals surface area contributed by atoms with Gasteiger partial charge in [0, 0.05) is 37.2 Å². The van der Waals surface area contributed by atoms with Crippen molar-refractivity contribution in [3.63, 3.8) is 0 Å². The highest BCUT2D eigenvalue weighted by Gasteiger charge is 2.38. The number of nitrogens with one attached hydrogen (secondary N) is 1. The number of aromatic nitrogens is 3. The number of carboxylic acids is 1. The van der Waals surface area contributed by atoms with E-state index < -0.39 is 12.3 Å². The van der Waals surface area contributed by atoms with Crippen LogP contribution in [0, 0.1) is 5.92 Å². The van der Waals surface area contributed by atoms with E-state index in [1.807, 2.05) is 60.1 Å². The van der Waals surface area contributed by atoms with Gasteiger partial charge in [0.25, 0.3) is 0 Å². The van der Waals surface area contributed by atoms with Crippen LogP contribution in [0.4, 0.5) is 0 Å². The maximum Gasteiger partial charge on any atom is 0.303 e. The van der Waals surface area contributed by atoms with Crippen molar-refractivity contribution in [3.05, 3.63) is 77.1 Å². The standard InChI is InChI=1S/C27H32N4O6S/c1-17-22(15-38-27-30-29-16-31(27)2)36-26(37-25(17)20-7-5-19(14-32)6-8-20)21-9-3-18(4-10-21)13-28-23(33)11-12-24(34)35/h3-10,16-17,22,25-26,32H,11-15H2,1-2H3,(H,28,33)(H,34,35)/t17-,22+,25+,26+/m1/s1. The zero-order valence-corrected chi connectivity index (χ0v) is 22.1. The zero-order chi connectivity index (χ0) is 27.1. The van der Waals surface area contributed by atoms with E-state index in [1.54, 1.807) is 18.1 Å². The summed E-state index contributed by atoms with van der Waals surface area (Å²) >= 11 is 1.58. The Bertz CT molecular complexity index is 1220. The van der Waals surface area contributed by atoms with Gasteiger partial charge in [0.1, 0.15) is 6.33 Å². The van der Waals surface area contributed by atoms with E-state index in [-0.39, 0.29) is 43.5 Å². The fourth-order valence-electron chi connectivity index (χ4n) is 4.17. The Labute approximate surface area is 225 Å². The number of rotatable bonds is 11. The number of aliphatic hydroxyl groups is 1. The lowest BCUT2D eigenvalue weighted by Crippen LogP contribution is -2.38. The normalized spacial score (nSPS) is 21.2. The summed E-state index contributed by atoms with van der Waals surface area (Å²) in [5.41, 5.74) is 3.58. The lowest BCUT2D eigenvalue weighted by atomic mass is 9.91. The van der Waals surface area contributed by atoms with Gasteiger partial charge in [0.2, 0.25) is 5.91 Å². The SMILES string of the molecule is C[C@@H]1[C@H](CSc2nncn2C)O[C@H](c2ccc(CNC(=O)CCC(=O)O)cc2)O[C@@H]1c1ccc(CO)cc1. The van der Waals surface area contributed by atoms with E-state index in [9.17, 15) is 14.7 Å². The molecule has 3 N–H and O–H groups in total. The van der Waals surface area contributed by atoms with Crippen molar-refractivity contribution in [2.24, 2.45) is 13.0 Å². The molecule has 0 bridgehead atoms. The number of aryl methyl sites for hydroxylation is 1. The maximum absolute atomic E-state index is 11.8. The molecule has 2 heterocycles. The predicted molar refractivity (Wildman–Crippen MR) is 140 cm³/mol. The summed E-state index contributed by atoms with van der Waals surface area (Å²) in [6.45, 7) is 2.40. The van der Waals surface area contributed by atoms with Gasteiger partial charge in [0.15, 0.2) is 11.4 Å². The molecule has 0 aliphatic carbocycles. The van der Waals surface area contributed by atoms with E-state index in [0.29, 0.717) is 12.3 Å². The molecule has 3 aromatic rings. The Balaban J connectivity index is 1.47. The van der Waals surface area contributed by atoms with Crippen molar-refractivity contribution in [2.45, 2.75) is 56.6 Å². The van der Waals surface area contributed by atoms with E-state index in [4.69, 9.17) is 14.6 Å². The minimum absolute atomic E-state index is 0.0174. The average Bonchev–Trinajstić information content (AvgIpc) is 3.35. The largest absolute Gasteiger partial charge is 0.481 e. The number of carboxylic acid groups (broad SMARTS) is 1. The second kappa shape index (κ2) is 13.0. The van der Waals surface area contributed by atoms with Crippen LogP contribution in [0.3, 0.4) is 0 Å². The topological polar surface area (TPSA) is 136 Å². The van der Waals surface area contributed by atoms with E-state index >= 15 is 0 Å². The molecule has 1 saturated heterocycles. The van der Waals surface area contributed by atoms with Gasteiger partial charge >= 0.3 is 5.97 Å². The monoisotopic (exact) mass is 540 g/mol. The van der Waals surface area contributed by atoms with E-state index in [1.165, 1.54) is 0 Å². The number of hydrogen-bond acceptors (Lipinski definition) is 8. The second-order valence-corrected chi connectivity index (χ2v) is 10.3. The molecular weight excluding hydrogens is 508 g/mol. The molecule has 1 amide bonds. The molecule has 0 unspecified atom stereocenters. The zero-order valence-electron chi connectivity index (χ0n) is 21.3. The Morgan fingerprint density at radius 3 is 2.34 bits per heavy atom. The van der Waals surface area contributed by atoms with Gasteiger partial charge in [-0.1, -0.05) is 67.2 Å². The number of thioether (sulfide) groups is 1. The smallest absolute Gasteiger partial charge is 0.303 e. The number of aliphatic carboxylic acids is 1. The highest BCUT2D eigenvalue weighted by molar-refractivity contribution is 7.99. The lowest BCUT2D eigenvalue weighted by Gasteiger charge is -2.41. The van der Waals surface area contributed by atoms with E-state index in [0.717, 1.165) is 27.4 Å². The Morgan fingerprint density at radius 2 is 1.71 bits per heavy atom. The number of hydrogen-bond donors (Lipinski definition) is 3. The molecule has 0 saturated carbocycles. The average molecular weight is 541 g/mol. The number of ether oxygens (including phenoxy) is 2. The third kappa shape index (κ3) is 7.19. The van der Waals surface area contributed by atoms with Crippen molar-refractivity contribution in [1.82, 2.24) is 20.1 Å². The maximum atomic E-state index is 11.8. The van der Waals surface area contributed by atoms with Crippen LogP contribution in [-0.4, -0.2) is 48.7 Å². The van der Waals surface area contributed by atoms with Crippen LogP contribution in [0.5, 0.6) is 0 Å². The van der Waals surface area contributed by atoms with Crippen molar-refractivity contribution in [1.29, 1.82) is 0 Å². The van der Waals surface area contributed by atoms with Crippen LogP contribution in [0.1, 0.15) is 54.4 Å². The van der Waals surface area contributed by atoms with Gasteiger partial charge in [-0.3, -0.25) is 9.59 Å². The van der Waals surface area contributed by atoms with Crippen molar-refractivity contribution in [2.75, 3.05) is 5.75 Å². The molecule has 202 valence electrons. The molecule has 1 fully saturated rings. The van der Waals surface area contributed by atoms with Gasteiger partial charge in [-0.15, -0.1) is 10.2 Å². The van der Waals surface area contributed by atoms with Crippen molar-refractivity contribution >= 4 is 23.6 Å². The van der Waals surface area contributed by atoms with Crippen LogP contribution in [0.15, 0.2) is 60.0 Å². The molecule has 0 spiro atoms. The molecule has 4 atom stereocenters. The number of aliphatic hydroxyl groups excluding tert-OH is 1. The molecule has 38 heavy (non-hydrogen) atoms. The molecule has 0 radical (unpaired) electrons. The summed E-state index contributed by atoms with van der Waals surface area (Å²) in [6.07, 6.45) is 0.466. The van der Waals surface area contributed by atoms with Crippen molar-refractivity contribution < 1.29 is 29.3 Å². The second-order valence-electron chi connectivity index (χ2n) is 9.27. The summed E-state index contributed by atoms with van der Waals surface area (Å²) in [5.74, 6) is -0.587. The summed E-state index contributed by atoms with van der Waals surface area (Å²) < 4.78 is 14.8. The Morgan fingerprint density at radius 1 is 1.03 bits per heavy atom. The first-order chi connectivity index (χ1) is 18.3. The third-order valence-electron chi connectivity index (χ3n) is 6.48. The summed E-state index contributed by atoms with van der Waals surface area (Å²) in [7, 11) is 1.90. The molecule has 11 heteroatoms. The van der Waals surface area contributed by atoms with Crippen LogP contribution < -0.4 is 5.32 Å². The molecule has 1 aliphatic heterocycles. The molecule has 1 aliphatic rings. The molecule has 1 aromatic heterocycles. The fourth-order valence-corrected chi connectivity index (χ4v) is 5.22. The van der Waals surface area contributed by atoms with Crippen LogP contribution in [-0.2, 0) is 39.3 Å². The molecule has 2 aromatic carbocycles. The number of nitrogens with zero attached hydrogens (tertiary/aromatic N) is 3. The number of carbonyl (C=O) groups is 2. The molecule has 4 rings (SSSR count). The quantitative estimate of drug-likeness (QED) is 0.313. The minimum atomic E-state index is -0.998. The fraction of sp³-hybridized carbons (Fsp3) is 0.407. The predicted octanol–water partition coefficient (Wildman–Crippen LogP) is 3.37. The number of amides is 1. The molecule has 10 nitrogen and oxygen atoms in total. The number of benzene rings is 2. The van der Waals surface area contributed by atoms with Crippen LogP contribution >= 0.6 is 11.8 Å². The van der Waals surface area contributed by atoms with Gasteiger partial charge in [0.05, 0.1) is 25.2 Å². The minimum Gasteiger partial charge on any atom is -0.481 e. The molecular formula is C27H32N4O6S. The van der Waals surface area contributed by atoms with Gasteiger partial charge < -0.3 is 29.6 Å². The van der Waals surface area contributed by atoms with Crippen molar-refractivity contribution in [3.8, 4) is 0 Å². The highest BCUT2D eigenvalue weighted by atomic mass is 32.2. The summed E-state index contributed by atoms with van der Waals surface area (Å²) in [6, 6.07) is 15.4. The lowest BCUT2D eigenvalue weighted by molar-refractivity contribution is -0.268. The highest BCUT2D eigenvalue weighted by Crippen LogP contribution is 2.42. The van der Waals surface area contributed by atoms with Crippen LogP contribution in [0.25, 0.3) is 0 Å². The summed E-state index contributed by atoms with van der Waals surface area (Å²) in [4.78, 5) is 22.5. The van der Waals surface area contributed by atoms with Gasteiger partial charge in [-0.05, 0) is 16.7 Å². The van der Waals surface area contributed by atoms with E-state index in [2.05, 4.69) is 22.4 Å².